The topological polar surface area (TPSA) is 146 Å². The summed E-state index contributed by atoms with van der Waals surface area (Å²) >= 11 is 0. The molecule has 0 aliphatic heterocycles. The normalized spacial score (nSPS) is 12.2. The molecule has 0 fully saturated rings. The molecule has 0 aliphatic rings. The fourth-order valence-electron chi connectivity index (χ4n) is 4.94. The minimum atomic E-state index is -4.61. The van der Waals surface area contributed by atoms with Crippen molar-refractivity contribution in [2.45, 2.75) is 24.9 Å². The highest BCUT2D eigenvalue weighted by Crippen LogP contribution is 2.21. The molecule has 4 amide bonds. The van der Waals surface area contributed by atoms with Crippen molar-refractivity contribution in [2.75, 3.05) is 38.1 Å². The molecule has 0 radical (unpaired) electrons. The summed E-state index contributed by atoms with van der Waals surface area (Å²) in [5.41, 5.74) is 2.49. The standard InChI is InChI=1S/C35H39N5O7S/c1-39(27-15-19-29(46-3)20-16-27)33(41)31(23-25-11-7-5-8-12-25)36-35(43)38-48(44,45)37-32(24-26-13-9-6-10-14-26)34(42)40(2)28-17-21-30(47-4)22-18-28/h5-22,31-32,37H,23-24H2,1-4H3,(H2,36,38,43)/t31-,32?/m0/s1. The minimum Gasteiger partial charge on any atom is -0.497 e. The third-order valence-corrected chi connectivity index (χ3v) is 8.62. The summed E-state index contributed by atoms with van der Waals surface area (Å²) < 4.78 is 41.3. The lowest BCUT2D eigenvalue weighted by molar-refractivity contribution is -0.120. The van der Waals surface area contributed by atoms with Gasteiger partial charge in [-0.05, 0) is 66.1 Å². The Morgan fingerprint density at radius 3 is 1.44 bits per heavy atom. The van der Waals surface area contributed by atoms with Gasteiger partial charge in [0, 0.05) is 31.9 Å². The molecule has 0 bridgehead atoms. The molecule has 13 heteroatoms. The molecule has 48 heavy (non-hydrogen) atoms. The SMILES string of the molecule is COc1ccc(N(C)C(=O)C(Cc2ccccc2)NS(=O)(=O)NC(=O)N[C@@H](Cc2ccccc2)C(=O)N(C)c2ccc(OC)cc2)cc1. The van der Waals surface area contributed by atoms with Crippen molar-refractivity contribution in [1.29, 1.82) is 0 Å². The summed E-state index contributed by atoms with van der Waals surface area (Å²) in [6.07, 6.45) is 0.0906. The summed E-state index contributed by atoms with van der Waals surface area (Å²) in [6, 6.07) is 27.8. The lowest BCUT2D eigenvalue weighted by Crippen LogP contribution is -2.57. The molecular weight excluding hydrogens is 634 g/mol. The van der Waals surface area contributed by atoms with Gasteiger partial charge in [-0.1, -0.05) is 60.7 Å². The van der Waals surface area contributed by atoms with Crippen molar-refractivity contribution in [3.63, 3.8) is 0 Å². The van der Waals surface area contributed by atoms with E-state index in [1.165, 1.54) is 31.1 Å². The van der Waals surface area contributed by atoms with Crippen LogP contribution in [0.5, 0.6) is 11.5 Å². The average Bonchev–Trinajstić information content (AvgIpc) is 3.10. The Hall–Kier alpha value is -5.40. The molecule has 2 atom stereocenters. The van der Waals surface area contributed by atoms with Gasteiger partial charge in [-0.3, -0.25) is 9.59 Å². The van der Waals surface area contributed by atoms with E-state index < -0.39 is 40.1 Å². The van der Waals surface area contributed by atoms with Crippen molar-refractivity contribution in [1.82, 2.24) is 14.8 Å². The Kier molecular flexibility index (Phi) is 12.1. The predicted octanol–water partition coefficient (Wildman–Crippen LogP) is 3.69. The van der Waals surface area contributed by atoms with Gasteiger partial charge in [-0.2, -0.15) is 13.1 Å². The number of benzene rings is 4. The molecule has 4 aromatic carbocycles. The molecule has 0 heterocycles. The number of hydrogen-bond acceptors (Lipinski definition) is 7. The van der Waals surface area contributed by atoms with Crippen molar-refractivity contribution in [3.8, 4) is 11.5 Å². The van der Waals surface area contributed by atoms with Crippen LogP contribution in [0.25, 0.3) is 0 Å². The van der Waals surface area contributed by atoms with E-state index in [1.54, 1.807) is 110 Å². The van der Waals surface area contributed by atoms with Gasteiger partial charge < -0.3 is 24.6 Å². The molecule has 4 aromatic rings. The monoisotopic (exact) mass is 673 g/mol. The third-order valence-electron chi connectivity index (χ3n) is 7.57. The first-order valence-electron chi connectivity index (χ1n) is 15.0. The van der Waals surface area contributed by atoms with Gasteiger partial charge >= 0.3 is 16.2 Å². The Labute approximate surface area is 280 Å². The zero-order valence-electron chi connectivity index (χ0n) is 27.1. The highest BCUT2D eigenvalue weighted by atomic mass is 32.2. The minimum absolute atomic E-state index is 0.00444. The van der Waals surface area contributed by atoms with Crippen LogP contribution in [0.4, 0.5) is 16.2 Å². The zero-order valence-corrected chi connectivity index (χ0v) is 27.9. The van der Waals surface area contributed by atoms with E-state index in [9.17, 15) is 22.8 Å². The van der Waals surface area contributed by atoms with Gasteiger partial charge in [0.1, 0.15) is 23.6 Å². The maximum Gasteiger partial charge on any atom is 0.330 e. The van der Waals surface area contributed by atoms with Crippen molar-refractivity contribution >= 4 is 39.4 Å². The Bertz CT molecular complexity index is 1770. The average molecular weight is 674 g/mol. The summed E-state index contributed by atoms with van der Waals surface area (Å²) in [4.78, 5) is 43.2. The molecule has 1 unspecified atom stereocenters. The lowest BCUT2D eigenvalue weighted by Gasteiger charge is -2.26. The summed E-state index contributed by atoms with van der Waals surface area (Å²) in [5.74, 6) is 0.154. The van der Waals surface area contributed by atoms with Gasteiger partial charge in [0.2, 0.25) is 11.8 Å². The molecule has 0 saturated carbocycles. The number of carbonyl (C=O) groups is 3. The number of urea groups is 1. The van der Waals surface area contributed by atoms with Crippen LogP contribution in [-0.4, -0.2) is 66.7 Å². The summed E-state index contributed by atoms with van der Waals surface area (Å²) in [6.45, 7) is 0. The quantitative estimate of drug-likeness (QED) is 0.185. The second-order valence-electron chi connectivity index (χ2n) is 10.9. The number of carbonyl (C=O) groups excluding carboxylic acids is 3. The first-order chi connectivity index (χ1) is 23.0. The summed E-state index contributed by atoms with van der Waals surface area (Å²) in [5, 5.41) is 2.51. The molecule has 3 N–H and O–H groups in total. The van der Waals surface area contributed by atoms with E-state index in [4.69, 9.17) is 9.47 Å². The molecule has 0 aromatic heterocycles. The summed E-state index contributed by atoms with van der Waals surface area (Å²) in [7, 11) is 1.52. The second-order valence-corrected chi connectivity index (χ2v) is 12.3. The zero-order chi connectivity index (χ0) is 34.7. The predicted molar refractivity (Wildman–Crippen MR) is 184 cm³/mol. The van der Waals surface area contributed by atoms with Crippen molar-refractivity contribution in [3.05, 3.63) is 120 Å². The number of likely N-dealkylation sites (N-methyl/N-ethyl adjacent to an activating group) is 2. The van der Waals surface area contributed by atoms with Gasteiger partial charge in [0.25, 0.3) is 0 Å². The first kappa shape index (κ1) is 35.5. The van der Waals surface area contributed by atoms with Crippen LogP contribution < -0.4 is 34.0 Å². The Balaban J connectivity index is 1.52. The number of ether oxygens (including phenoxy) is 2. The number of rotatable bonds is 14. The largest absolute Gasteiger partial charge is 0.497 e. The van der Waals surface area contributed by atoms with Crippen LogP contribution in [0.15, 0.2) is 109 Å². The van der Waals surface area contributed by atoms with Crippen molar-refractivity contribution < 1.29 is 32.3 Å². The van der Waals surface area contributed by atoms with Gasteiger partial charge in [-0.15, -0.1) is 0 Å². The molecule has 252 valence electrons. The van der Waals surface area contributed by atoms with Crippen LogP contribution >= 0.6 is 0 Å². The molecule has 0 saturated heterocycles. The van der Waals surface area contributed by atoms with Crippen LogP contribution in [0.3, 0.4) is 0 Å². The van der Waals surface area contributed by atoms with E-state index in [0.29, 0.717) is 28.4 Å². The maximum absolute atomic E-state index is 13.7. The fourth-order valence-corrected chi connectivity index (χ4v) is 5.86. The Morgan fingerprint density at radius 1 is 0.625 bits per heavy atom. The lowest BCUT2D eigenvalue weighted by atomic mass is 10.0. The van der Waals surface area contributed by atoms with Crippen molar-refractivity contribution in [2.24, 2.45) is 0 Å². The van der Waals surface area contributed by atoms with E-state index in [1.807, 2.05) is 10.8 Å². The number of nitrogens with one attached hydrogen (secondary N) is 3. The van der Waals surface area contributed by atoms with E-state index >= 15 is 0 Å². The van der Waals surface area contributed by atoms with Crippen LogP contribution in [0.2, 0.25) is 0 Å². The molecule has 4 rings (SSSR count). The van der Waals surface area contributed by atoms with Crippen LogP contribution in [0.1, 0.15) is 11.1 Å². The van der Waals surface area contributed by atoms with E-state index in [-0.39, 0.29) is 12.8 Å². The van der Waals surface area contributed by atoms with Gasteiger partial charge in [-0.25, -0.2) is 9.52 Å². The fraction of sp³-hybridized carbons (Fsp3) is 0.229. The van der Waals surface area contributed by atoms with Gasteiger partial charge in [0.15, 0.2) is 0 Å². The molecule has 12 nitrogen and oxygen atoms in total. The van der Waals surface area contributed by atoms with Crippen LogP contribution in [-0.2, 0) is 32.6 Å². The number of methoxy groups -OCH3 is 2. The number of hydrogen-bond donors (Lipinski definition) is 3. The second kappa shape index (κ2) is 16.4. The number of nitrogens with zero attached hydrogens (tertiary/aromatic N) is 2. The Morgan fingerprint density at radius 2 is 1.02 bits per heavy atom. The first-order valence-corrected chi connectivity index (χ1v) is 16.5. The van der Waals surface area contributed by atoms with E-state index in [0.717, 1.165) is 5.56 Å². The smallest absolute Gasteiger partial charge is 0.330 e. The maximum atomic E-state index is 13.7. The highest BCUT2D eigenvalue weighted by molar-refractivity contribution is 7.88. The third kappa shape index (κ3) is 9.80. The van der Waals surface area contributed by atoms with Crippen LogP contribution in [0, 0.1) is 0 Å². The molecular formula is C35H39N5O7S. The van der Waals surface area contributed by atoms with E-state index in [2.05, 4.69) is 10.0 Å². The molecule has 0 aliphatic carbocycles. The number of amides is 4. The van der Waals surface area contributed by atoms with Gasteiger partial charge in [0.05, 0.1) is 14.2 Å². The highest BCUT2D eigenvalue weighted by Gasteiger charge is 2.31. The molecule has 0 spiro atoms. The number of anilines is 2.